The first kappa shape index (κ1) is 43.5. The van der Waals surface area contributed by atoms with Crippen molar-refractivity contribution in [1.29, 1.82) is 0 Å². The highest BCUT2D eigenvalue weighted by Gasteiger charge is 2.69. The number of hydrogen-bond acceptors (Lipinski definition) is 7. The van der Waals surface area contributed by atoms with Crippen molar-refractivity contribution in [3.63, 3.8) is 0 Å². The molecule has 0 bridgehead atoms. The zero-order chi connectivity index (χ0) is 39.4. The van der Waals surface area contributed by atoms with Crippen molar-refractivity contribution in [3.05, 3.63) is 12.7 Å². The Bertz CT molecular complexity index is 1480. The molecule has 1 heterocycles. The van der Waals surface area contributed by atoms with Gasteiger partial charge < -0.3 is 4.90 Å². The summed E-state index contributed by atoms with van der Waals surface area (Å²) >= 11 is 0. The monoisotopic (exact) mass is 761 g/mol. The van der Waals surface area contributed by atoms with Gasteiger partial charge in [0.05, 0.1) is 29.1 Å². The molecule has 5 atom stereocenters. The maximum Gasteiger partial charge on any atom is 0.227 e. The van der Waals surface area contributed by atoms with Crippen molar-refractivity contribution < 1.29 is 36.8 Å². The molecule has 3 aliphatic carbocycles. The number of rotatable bonds is 20. The third-order valence-electron chi connectivity index (χ3n) is 13.9. The van der Waals surface area contributed by atoms with Crippen LogP contribution < -0.4 is 0 Å². The van der Waals surface area contributed by atoms with E-state index in [0.29, 0.717) is 32.2 Å². The van der Waals surface area contributed by atoms with Crippen LogP contribution >= 0.6 is 0 Å². The van der Waals surface area contributed by atoms with E-state index >= 15 is 4.79 Å². The van der Waals surface area contributed by atoms with Crippen molar-refractivity contribution in [2.24, 2.45) is 39.9 Å². The lowest BCUT2D eigenvalue weighted by Gasteiger charge is -2.44. The summed E-state index contributed by atoms with van der Waals surface area (Å²) in [7, 11) is -3.49. The molecular weight excluding hydrogens is 694 g/mol. The van der Waals surface area contributed by atoms with E-state index in [-0.39, 0.29) is 79.0 Å². The van der Waals surface area contributed by atoms with Gasteiger partial charge in [0.25, 0.3) is 0 Å². The Hall–Kier alpha value is -2.23. The van der Waals surface area contributed by atoms with Crippen LogP contribution in [0.1, 0.15) is 157 Å². The summed E-state index contributed by atoms with van der Waals surface area (Å²) in [5.41, 5.74) is -1.26. The average molecular weight is 762 g/mol. The Labute approximate surface area is 319 Å². The van der Waals surface area contributed by atoms with Gasteiger partial charge in [0.1, 0.15) is 5.78 Å². The molecule has 0 unspecified atom stereocenters. The summed E-state index contributed by atoms with van der Waals surface area (Å²) < 4.78 is 39.1. The van der Waals surface area contributed by atoms with E-state index in [4.69, 9.17) is 0 Å². The van der Waals surface area contributed by atoms with Crippen molar-refractivity contribution in [3.8, 4) is 0 Å². The summed E-state index contributed by atoms with van der Waals surface area (Å²) in [6.07, 6.45) is 11.4. The Morgan fingerprint density at radius 2 is 1.51 bits per heavy atom. The topological polar surface area (TPSA) is 123 Å². The van der Waals surface area contributed by atoms with E-state index in [2.05, 4.69) is 27.4 Å². The number of Topliss-reactive ketones (excluding diaryl/α,β-unsaturated/α-hetero) is 4. The second-order valence-corrected chi connectivity index (χ2v) is 21.9. The average Bonchev–Trinajstić information content (AvgIpc) is 3.38. The van der Waals surface area contributed by atoms with Crippen LogP contribution in [0.2, 0.25) is 0 Å². The van der Waals surface area contributed by atoms with Crippen molar-refractivity contribution >= 4 is 38.9 Å². The number of allylic oxidation sites excluding steroid dienone is 1. The van der Waals surface area contributed by atoms with Gasteiger partial charge in [-0.3, -0.25) is 28.4 Å². The second kappa shape index (κ2) is 17.3. The zero-order valence-electron chi connectivity index (χ0n) is 33.6. The fourth-order valence-corrected chi connectivity index (χ4v) is 11.8. The zero-order valence-corrected chi connectivity index (χ0v) is 34.4. The first-order valence-electron chi connectivity index (χ1n) is 20.5. The Kier molecular flexibility index (Phi) is 14.2. The minimum atomic E-state index is -3.49. The predicted molar refractivity (Wildman–Crippen MR) is 207 cm³/mol. The maximum atomic E-state index is 15.0. The lowest BCUT2D eigenvalue weighted by Crippen LogP contribution is -2.52. The first-order chi connectivity index (χ1) is 24.7. The standard InChI is InChI=1S/C43H68FNO7S/c1-8-9-19-34(47)38(49)30(18-12-17-24-44)25-35(48)37-36-33(41(36,5)6)28-45(37)39(50)32(42(7)20-13-10-14-21-42)26-31(46)27-43(22-15-11-16-23-43)29-53(51,52)40(2,3)4/h8,30,32-33,36-37H,1,9-29H2,2-7H3/t30-,32-,33+,36+,37-/m1/s1. The number of hydrogen-bond donors (Lipinski definition) is 0. The van der Waals surface area contributed by atoms with Gasteiger partial charge in [0.2, 0.25) is 11.7 Å². The molecule has 0 aromatic carbocycles. The first-order valence-corrected chi connectivity index (χ1v) is 22.2. The number of unbranched alkanes of at least 4 members (excludes halogenated alkanes) is 1. The molecule has 4 rings (SSSR count). The highest BCUT2D eigenvalue weighted by molar-refractivity contribution is 7.92. The molecule has 0 aromatic heterocycles. The number of carbonyl (C=O) groups excluding carboxylic acids is 5. The van der Waals surface area contributed by atoms with E-state index in [1.165, 1.54) is 0 Å². The quantitative estimate of drug-likeness (QED) is 0.0694. The van der Waals surface area contributed by atoms with Crippen LogP contribution in [0.4, 0.5) is 4.39 Å². The molecule has 53 heavy (non-hydrogen) atoms. The largest absolute Gasteiger partial charge is 0.332 e. The van der Waals surface area contributed by atoms with Crippen LogP contribution in [0.15, 0.2) is 12.7 Å². The SMILES string of the molecule is C=CCCC(=O)C(=O)[C@H](CCCCF)CC(=O)[C@@H]1[C@@H]2[C@H](CN1C(=O)[C@@H](CC(=O)CC1(CS(=O)(=O)C(C)(C)C)CCCCC1)C1(C)CCCCC1)C2(C)C. The predicted octanol–water partition coefficient (Wildman–Crippen LogP) is 8.39. The second-order valence-electron chi connectivity index (χ2n) is 19.2. The number of alkyl halides is 1. The summed E-state index contributed by atoms with van der Waals surface area (Å²) in [5.74, 6) is -3.18. The van der Waals surface area contributed by atoms with Gasteiger partial charge in [-0.25, -0.2) is 8.42 Å². The number of ketones is 4. The van der Waals surface area contributed by atoms with Crippen molar-refractivity contribution in [2.45, 2.75) is 168 Å². The number of piperidine rings is 1. The van der Waals surface area contributed by atoms with E-state index in [0.717, 1.165) is 51.4 Å². The van der Waals surface area contributed by atoms with Crippen molar-refractivity contribution in [2.75, 3.05) is 19.0 Å². The van der Waals surface area contributed by atoms with Gasteiger partial charge in [-0.2, -0.15) is 0 Å². The van der Waals surface area contributed by atoms with E-state index < -0.39 is 61.5 Å². The molecule has 0 spiro atoms. The minimum Gasteiger partial charge on any atom is -0.332 e. The molecule has 8 nitrogen and oxygen atoms in total. The summed E-state index contributed by atoms with van der Waals surface area (Å²) in [6, 6.07) is -0.756. The highest BCUT2D eigenvalue weighted by atomic mass is 32.2. The number of sulfone groups is 1. The third-order valence-corrected chi connectivity index (χ3v) is 16.8. The van der Waals surface area contributed by atoms with Crippen LogP contribution in [-0.4, -0.2) is 72.1 Å². The Balaban J connectivity index is 1.62. The summed E-state index contributed by atoms with van der Waals surface area (Å²) in [5, 5.41) is 0. The van der Waals surface area contributed by atoms with Crippen LogP contribution in [0.25, 0.3) is 0 Å². The Morgan fingerprint density at radius 3 is 2.08 bits per heavy atom. The van der Waals surface area contributed by atoms with Gasteiger partial charge >= 0.3 is 0 Å². The number of halogens is 1. The number of carbonyl (C=O) groups is 5. The molecule has 1 saturated heterocycles. The number of amides is 1. The van der Waals surface area contributed by atoms with Crippen LogP contribution in [-0.2, 0) is 33.8 Å². The molecular formula is C43H68FNO7S. The normalized spacial score (nSPS) is 25.9. The number of likely N-dealkylation sites (tertiary alicyclic amines) is 1. The smallest absolute Gasteiger partial charge is 0.227 e. The molecule has 3 saturated carbocycles. The lowest BCUT2D eigenvalue weighted by atomic mass is 9.64. The Morgan fingerprint density at radius 1 is 0.906 bits per heavy atom. The van der Waals surface area contributed by atoms with E-state index in [9.17, 15) is 32.0 Å². The lowest BCUT2D eigenvalue weighted by molar-refractivity contribution is -0.150. The number of nitrogens with zero attached hydrogens (tertiary/aromatic N) is 1. The molecule has 10 heteroatoms. The molecule has 0 radical (unpaired) electrons. The molecule has 300 valence electrons. The van der Waals surface area contributed by atoms with Crippen molar-refractivity contribution in [1.82, 2.24) is 4.90 Å². The van der Waals surface area contributed by atoms with Gasteiger partial charge in [-0.15, -0.1) is 6.58 Å². The summed E-state index contributed by atoms with van der Waals surface area (Å²) in [4.78, 5) is 71.6. The van der Waals surface area contributed by atoms with Crippen LogP contribution in [0.3, 0.4) is 0 Å². The van der Waals surface area contributed by atoms with Gasteiger partial charge in [-0.05, 0) is 93.8 Å². The fraction of sp³-hybridized carbons (Fsp3) is 0.837. The molecule has 0 N–H and O–H groups in total. The van der Waals surface area contributed by atoms with E-state index in [1.54, 1.807) is 31.7 Å². The minimum absolute atomic E-state index is 0.0135. The maximum absolute atomic E-state index is 15.0. The summed E-state index contributed by atoms with van der Waals surface area (Å²) in [6.45, 7) is 14.9. The molecule has 0 aromatic rings. The van der Waals surface area contributed by atoms with Gasteiger partial charge in [-0.1, -0.05) is 71.8 Å². The number of fused-ring (bicyclic) bond motifs is 1. The third kappa shape index (κ3) is 9.96. The van der Waals surface area contributed by atoms with E-state index in [1.807, 2.05) is 0 Å². The fourth-order valence-electron chi connectivity index (χ4n) is 10.2. The van der Waals surface area contributed by atoms with Gasteiger partial charge in [0.15, 0.2) is 21.4 Å². The highest BCUT2D eigenvalue weighted by Crippen LogP contribution is 2.65. The van der Waals surface area contributed by atoms with Gasteiger partial charge in [0, 0.05) is 38.1 Å². The molecule has 1 amide bonds. The molecule has 4 aliphatic rings. The van der Waals surface area contributed by atoms with Crippen LogP contribution in [0, 0.1) is 39.9 Å². The molecule has 1 aliphatic heterocycles. The molecule has 4 fully saturated rings. The van der Waals surface area contributed by atoms with Crippen LogP contribution in [0.5, 0.6) is 0 Å².